The lowest BCUT2D eigenvalue weighted by molar-refractivity contribution is 0.0523. The second-order valence-corrected chi connectivity index (χ2v) is 7.89. The molecule has 0 aromatic rings. The Bertz CT molecular complexity index is 256. The minimum Gasteiger partial charge on any atom is -0.330 e. The van der Waals surface area contributed by atoms with Crippen LogP contribution in [-0.4, -0.2) is 31.1 Å². The van der Waals surface area contributed by atoms with Crippen LogP contribution in [0.5, 0.6) is 0 Å². The molecule has 0 aromatic heterocycles. The van der Waals surface area contributed by atoms with E-state index >= 15 is 0 Å². The van der Waals surface area contributed by atoms with Gasteiger partial charge >= 0.3 is 0 Å². The lowest BCUT2D eigenvalue weighted by Gasteiger charge is -2.45. The molecule has 1 aliphatic carbocycles. The fourth-order valence-corrected chi connectivity index (χ4v) is 3.57. The minimum atomic E-state index is 0.440. The van der Waals surface area contributed by atoms with E-state index in [4.69, 9.17) is 5.73 Å². The molecule has 1 rings (SSSR count). The molecule has 0 heterocycles. The van der Waals surface area contributed by atoms with Crippen LogP contribution in [0.3, 0.4) is 0 Å². The Morgan fingerprint density at radius 2 is 1.89 bits per heavy atom. The minimum absolute atomic E-state index is 0.440. The molecule has 1 saturated carbocycles. The normalized spacial score (nSPS) is 30.6. The molecule has 1 aliphatic rings. The van der Waals surface area contributed by atoms with Crippen molar-refractivity contribution in [3.63, 3.8) is 0 Å². The van der Waals surface area contributed by atoms with Crippen molar-refractivity contribution in [1.29, 1.82) is 0 Å². The maximum atomic E-state index is 6.02. The Morgan fingerprint density at radius 1 is 1.26 bits per heavy atom. The van der Waals surface area contributed by atoms with Gasteiger partial charge in [0.1, 0.15) is 0 Å². The van der Waals surface area contributed by atoms with Crippen LogP contribution in [-0.2, 0) is 0 Å². The third-order valence-corrected chi connectivity index (χ3v) is 5.35. The first-order valence-electron chi connectivity index (χ1n) is 8.19. The van der Waals surface area contributed by atoms with E-state index in [9.17, 15) is 0 Å². The van der Waals surface area contributed by atoms with E-state index < -0.39 is 0 Å². The standard InChI is InChI=1S/C17H36N2/c1-7-13(2)12-19(6)16-10-15(17(3,4)5)9-8-14(16)11-18/h13-16H,7-12,18H2,1-6H3. The van der Waals surface area contributed by atoms with Crippen molar-refractivity contribution in [1.82, 2.24) is 4.90 Å². The lowest BCUT2D eigenvalue weighted by atomic mass is 9.67. The summed E-state index contributed by atoms with van der Waals surface area (Å²) < 4.78 is 0. The quantitative estimate of drug-likeness (QED) is 0.823. The zero-order chi connectivity index (χ0) is 14.6. The van der Waals surface area contributed by atoms with E-state index in [0.717, 1.165) is 18.4 Å². The van der Waals surface area contributed by atoms with Crippen LogP contribution < -0.4 is 5.73 Å². The maximum absolute atomic E-state index is 6.02. The Balaban J connectivity index is 2.69. The van der Waals surface area contributed by atoms with Gasteiger partial charge in [0, 0.05) is 12.6 Å². The van der Waals surface area contributed by atoms with Gasteiger partial charge in [-0.3, -0.25) is 0 Å². The molecule has 4 atom stereocenters. The molecule has 0 aliphatic heterocycles. The molecule has 0 amide bonds. The number of nitrogens with two attached hydrogens (primary N) is 1. The van der Waals surface area contributed by atoms with Gasteiger partial charge in [-0.05, 0) is 56.0 Å². The van der Waals surface area contributed by atoms with Gasteiger partial charge in [0.2, 0.25) is 0 Å². The van der Waals surface area contributed by atoms with Gasteiger partial charge in [-0.2, -0.15) is 0 Å². The number of nitrogens with zero attached hydrogens (tertiary/aromatic N) is 1. The molecule has 0 bridgehead atoms. The Labute approximate surface area is 121 Å². The second-order valence-electron chi connectivity index (χ2n) is 7.89. The van der Waals surface area contributed by atoms with Gasteiger partial charge in [0.15, 0.2) is 0 Å². The second kappa shape index (κ2) is 7.08. The summed E-state index contributed by atoms with van der Waals surface area (Å²) in [7, 11) is 2.31. The number of hydrogen-bond acceptors (Lipinski definition) is 2. The zero-order valence-electron chi connectivity index (χ0n) is 14.1. The van der Waals surface area contributed by atoms with Crippen LogP contribution in [0, 0.1) is 23.2 Å². The van der Waals surface area contributed by atoms with Gasteiger partial charge < -0.3 is 10.6 Å². The average Bonchev–Trinajstić information content (AvgIpc) is 2.36. The first-order valence-corrected chi connectivity index (χ1v) is 8.19. The zero-order valence-corrected chi connectivity index (χ0v) is 14.1. The predicted molar refractivity (Wildman–Crippen MR) is 85.2 cm³/mol. The summed E-state index contributed by atoms with van der Waals surface area (Å²) in [6, 6.07) is 0.692. The molecule has 19 heavy (non-hydrogen) atoms. The summed E-state index contributed by atoms with van der Waals surface area (Å²) in [4.78, 5) is 2.60. The van der Waals surface area contributed by atoms with Crippen molar-refractivity contribution in [3.8, 4) is 0 Å². The highest BCUT2D eigenvalue weighted by Gasteiger charge is 2.37. The van der Waals surface area contributed by atoms with E-state index in [1.54, 1.807) is 0 Å². The van der Waals surface area contributed by atoms with Gasteiger partial charge in [-0.25, -0.2) is 0 Å². The van der Waals surface area contributed by atoms with Crippen molar-refractivity contribution in [3.05, 3.63) is 0 Å². The predicted octanol–water partition coefficient (Wildman–Crippen LogP) is 3.75. The maximum Gasteiger partial charge on any atom is 0.0135 e. The summed E-state index contributed by atoms with van der Waals surface area (Å²) in [6.45, 7) is 13.9. The lowest BCUT2D eigenvalue weighted by Crippen LogP contribution is -2.48. The molecule has 2 heteroatoms. The average molecular weight is 268 g/mol. The highest BCUT2D eigenvalue weighted by molar-refractivity contribution is 4.90. The van der Waals surface area contributed by atoms with E-state index in [-0.39, 0.29) is 0 Å². The van der Waals surface area contributed by atoms with Gasteiger partial charge in [0.05, 0.1) is 0 Å². The third kappa shape index (κ3) is 4.75. The Kier molecular flexibility index (Phi) is 6.32. The summed E-state index contributed by atoms with van der Waals surface area (Å²) in [6.07, 6.45) is 5.28. The van der Waals surface area contributed by atoms with Crippen LogP contribution in [0.25, 0.3) is 0 Å². The van der Waals surface area contributed by atoms with Gasteiger partial charge in [0.25, 0.3) is 0 Å². The first-order chi connectivity index (χ1) is 8.79. The van der Waals surface area contributed by atoms with E-state index in [1.165, 1.54) is 32.2 Å². The third-order valence-electron chi connectivity index (χ3n) is 5.35. The molecule has 0 saturated heterocycles. The highest BCUT2D eigenvalue weighted by atomic mass is 15.1. The van der Waals surface area contributed by atoms with E-state index in [2.05, 4.69) is 46.6 Å². The smallest absolute Gasteiger partial charge is 0.0135 e. The van der Waals surface area contributed by atoms with Crippen LogP contribution in [0.1, 0.15) is 60.3 Å². The van der Waals surface area contributed by atoms with Crippen molar-refractivity contribution >= 4 is 0 Å². The molecule has 2 N–H and O–H groups in total. The largest absolute Gasteiger partial charge is 0.330 e. The van der Waals surface area contributed by atoms with Crippen LogP contribution in [0.2, 0.25) is 0 Å². The first kappa shape index (κ1) is 17.0. The molecule has 1 fully saturated rings. The molecule has 0 radical (unpaired) electrons. The van der Waals surface area contributed by atoms with Gasteiger partial charge in [-0.15, -0.1) is 0 Å². The van der Waals surface area contributed by atoms with E-state index in [1.807, 2.05) is 0 Å². The molecule has 0 spiro atoms. The molecular weight excluding hydrogens is 232 g/mol. The highest BCUT2D eigenvalue weighted by Crippen LogP contribution is 2.41. The summed E-state index contributed by atoms with van der Waals surface area (Å²) in [5, 5.41) is 0. The molecule has 2 nitrogen and oxygen atoms in total. The van der Waals surface area contributed by atoms with Crippen LogP contribution in [0.4, 0.5) is 0 Å². The van der Waals surface area contributed by atoms with E-state index in [0.29, 0.717) is 17.4 Å². The fourth-order valence-electron chi connectivity index (χ4n) is 3.57. The molecule has 0 aromatic carbocycles. The number of hydrogen-bond donors (Lipinski definition) is 1. The van der Waals surface area contributed by atoms with Gasteiger partial charge in [-0.1, -0.05) is 41.0 Å². The monoisotopic (exact) mass is 268 g/mol. The van der Waals surface area contributed by atoms with Crippen LogP contribution >= 0.6 is 0 Å². The summed E-state index contributed by atoms with van der Waals surface area (Å²) in [5.41, 5.74) is 6.46. The Hall–Kier alpha value is -0.0800. The summed E-state index contributed by atoms with van der Waals surface area (Å²) >= 11 is 0. The van der Waals surface area contributed by atoms with Crippen molar-refractivity contribution in [2.75, 3.05) is 20.1 Å². The molecule has 114 valence electrons. The molecule has 4 unspecified atom stereocenters. The topological polar surface area (TPSA) is 29.3 Å². The molecular formula is C17H36N2. The fraction of sp³-hybridized carbons (Fsp3) is 1.00. The SMILES string of the molecule is CCC(C)CN(C)C1CC(C(C)(C)C)CCC1CN. The number of rotatable bonds is 5. The van der Waals surface area contributed by atoms with Crippen molar-refractivity contribution in [2.24, 2.45) is 28.9 Å². The van der Waals surface area contributed by atoms with Crippen molar-refractivity contribution in [2.45, 2.75) is 66.3 Å². The van der Waals surface area contributed by atoms with Crippen LogP contribution in [0.15, 0.2) is 0 Å². The summed E-state index contributed by atoms with van der Waals surface area (Å²) in [5.74, 6) is 2.34. The Morgan fingerprint density at radius 3 is 2.37 bits per heavy atom. The van der Waals surface area contributed by atoms with Crippen molar-refractivity contribution < 1.29 is 0 Å².